The molecule has 0 unspecified atom stereocenters. The predicted molar refractivity (Wildman–Crippen MR) is 64.8 cm³/mol. The smallest absolute Gasteiger partial charge is 0.317 e. The highest BCUT2D eigenvalue weighted by atomic mass is 32.2. The van der Waals surface area contributed by atoms with Crippen molar-refractivity contribution in [3.63, 3.8) is 0 Å². The van der Waals surface area contributed by atoms with Gasteiger partial charge < -0.3 is 10.4 Å². The third kappa shape index (κ3) is 3.00. The lowest BCUT2D eigenvalue weighted by Gasteiger charge is -2.16. The molecule has 0 saturated carbocycles. The van der Waals surface area contributed by atoms with Gasteiger partial charge in [0.15, 0.2) is 0 Å². The Hall–Kier alpha value is -1.00. The van der Waals surface area contributed by atoms with E-state index in [2.05, 4.69) is 23.5 Å². The van der Waals surface area contributed by atoms with Crippen LogP contribution in [-0.4, -0.2) is 23.4 Å². The summed E-state index contributed by atoms with van der Waals surface area (Å²) in [6.45, 7) is 0.649. The Morgan fingerprint density at radius 2 is 2.38 bits per heavy atom. The van der Waals surface area contributed by atoms with Crippen LogP contribution in [-0.2, 0) is 17.8 Å². The molecule has 0 fully saturated rings. The van der Waals surface area contributed by atoms with Crippen molar-refractivity contribution in [3.8, 4) is 0 Å². The Balaban J connectivity index is 1.97. The van der Waals surface area contributed by atoms with Crippen molar-refractivity contribution in [1.82, 2.24) is 5.32 Å². The van der Waals surface area contributed by atoms with Gasteiger partial charge in [-0.15, -0.1) is 11.8 Å². The molecule has 0 aromatic heterocycles. The molecule has 1 heterocycles. The van der Waals surface area contributed by atoms with Crippen molar-refractivity contribution in [3.05, 3.63) is 29.3 Å². The molecule has 0 spiro atoms. The van der Waals surface area contributed by atoms with Gasteiger partial charge in [0.1, 0.15) is 0 Å². The van der Waals surface area contributed by atoms with Crippen LogP contribution in [0.4, 0.5) is 0 Å². The van der Waals surface area contributed by atoms with E-state index in [-0.39, 0.29) is 6.54 Å². The number of aryl methyl sites for hydroxylation is 1. The normalized spacial score (nSPS) is 14.5. The highest BCUT2D eigenvalue weighted by molar-refractivity contribution is 7.99. The van der Waals surface area contributed by atoms with E-state index >= 15 is 0 Å². The van der Waals surface area contributed by atoms with Crippen LogP contribution in [0.25, 0.3) is 0 Å². The molecule has 0 bridgehead atoms. The van der Waals surface area contributed by atoms with E-state index in [1.165, 1.54) is 28.2 Å². The number of fused-ring (bicyclic) bond motifs is 1. The second-order valence-corrected chi connectivity index (χ2v) is 5.03. The summed E-state index contributed by atoms with van der Waals surface area (Å²) in [6, 6.07) is 6.42. The van der Waals surface area contributed by atoms with Crippen molar-refractivity contribution >= 4 is 17.7 Å². The van der Waals surface area contributed by atoms with Gasteiger partial charge in [-0.3, -0.25) is 4.79 Å². The van der Waals surface area contributed by atoms with Gasteiger partial charge in [-0.1, -0.05) is 12.1 Å². The maximum atomic E-state index is 10.4. The van der Waals surface area contributed by atoms with Crippen molar-refractivity contribution in [2.24, 2.45) is 0 Å². The number of carboxylic acids is 1. The van der Waals surface area contributed by atoms with Crippen LogP contribution in [0.15, 0.2) is 23.1 Å². The molecule has 0 amide bonds. The molecule has 2 N–H and O–H groups in total. The fourth-order valence-corrected chi connectivity index (χ4v) is 2.86. The average Bonchev–Trinajstić information content (AvgIpc) is 2.28. The minimum atomic E-state index is -0.812. The lowest BCUT2D eigenvalue weighted by Crippen LogP contribution is -2.21. The Morgan fingerprint density at radius 1 is 1.50 bits per heavy atom. The number of thioether (sulfide) groups is 1. The summed E-state index contributed by atoms with van der Waals surface area (Å²) in [7, 11) is 0. The van der Waals surface area contributed by atoms with Crippen molar-refractivity contribution in [2.45, 2.75) is 24.3 Å². The zero-order valence-electron chi connectivity index (χ0n) is 9.03. The van der Waals surface area contributed by atoms with Gasteiger partial charge in [-0.25, -0.2) is 0 Å². The summed E-state index contributed by atoms with van der Waals surface area (Å²) in [6.07, 6.45) is 2.39. The van der Waals surface area contributed by atoms with Gasteiger partial charge in [0, 0.05) is 11.4 Å². The highest BCUT2D eigenvalue weighted by Crippen LogP contribution is 2.30. The Labute approximate surface area is 99.2 Å². The molecule has 2 rings (SSSR count). The number of aliphatic carboxylic acids is 1. The molecule has 0 radical (unpaired) electrons. The monoisotopic (exact) mass is 237 g/mol. The zero-order valence-corrected chi connectivity index (χ0v) is 9.85. The first kappa shape index (κ1) is 11.5. The molecular formula is C12H15NO2S. The number of carboxylic acid groups (broad SMARTS) is 1. The first-order chi connectivity index (χ1) is 7.75. The first-order valence-electron chi connectivity index (χ1n) is 5.43. The number of carbonyl (C=O) groups is 1. The van der Waals surface area contributed by atoms with Crippen molar-refractivity contribution in [2.75, 3.05) is 12.3 Å². The summed E-state index contributed by atoms with van der Waals surface area (Å²) in [5.74, 6) is 0.400. The van der Waals surface area contributed by atoms with Crippen LogP contribution in [0.1, 0.15) is 17.5 Å². The van der Waals surface area contributed by atoms with E-state index in [1.54, 1.807) is 0 Å². The predicted octanol–water partition coefficient (Wildman–Crippen LogP) is 1.90. The van der Waals surface area contributed by atoms with Crippen LogP contribution >= 0.6 is 11.8 Å². The second-order valence-electron chi connectivity index (χ2n) is 3.89. The third-order valence-electron chi connectivity index (χ3n) is 2.58. The standard InChI is InChI=1S/C12H15NO2S/c14-12(15)8-13-7-9-3-4-11-10(6-9)2-1-5-16-11/h3-4,6,13H,1-2,5,7-8H2,(H,14,15). The van der Waals surface area contributed by atoms with E-state index in [1.807, 2.05) is 11.8 Å². The van der Waals surface area contributed by atoms with Gasteiger partial charge in [0.05, 0.1) is 6.54 Å². The largest absolute Gasteiger partial charge is 0.480 e. The molecule has 4 heteroatoms. The summed E-state index contributed by atoms with van der Waals surface area (Å²) < 4.78 is 0. The van der Waals surface area contributed by atoms with Crippen LogP contribution in [0.3, 0.4) is 0 Å². The minimum absolute atomic E-state index is 0.0197. The third-order valence-corrected chi connectivity index (χ3v) is 3.78. The van der Waals surface area contributed by atoms with Gasteiger partial charge in [-0.2, -0.15) is 0 Å². The van der Waals surface area contributed by atoms with E-state index in [0.29, 0.717) is 6.54 Å². The minimum Gasteiger partial charge on any atom is -0.480 e. The van der Waals surface area contributed by atoms with E-state index < -0.39 is 5.97 Å². The second kappa shape index (κ2) is 5.37. The molecule has 1 aliphatic heterocycles. The topological polar surface area (TPSA) is 49.3 Å². The highest BCUT2D eigenvalue weighted by Gasteiger charge is 2.09. The van der Waals surface area contributed by atoms with Gasteiger partial charge in [-0.05, 0) is 35.8 Å². The number of rotatable bonds is 4. The fraction of sp³-hybridized carbons (Fsp3) is 0.417. The van der Waals surface area contributed by atoms with Crippen molar-refractivity contribution < 1.29 is 9.90 Å². The molecule has 1 aromatic carbocycles. The van der Waals surface area contributed by atoms with Crippen LogP contribution in [0.2, 0.25) is 0 Å². The molecule has 86 valence electrons. The lowest BCUT2D eigenvalue weighted by molar-refractivity contribution is -0.135. The van der Waals surface area contributed by atoms with Gasteiger partial charge in [0.25, 0.3) is 0 Å². The maximum Gasteiger partial charge on any atom is 0.317 e. The van der Waals surface area contributed by atoms with E-state index in [0.717, 1.165) is 6.42 Å². The number of benzene rings is 1. The Bertz CT molecular complexity index is 393. The molecule has 1 aromatic rings. The lowest BCUT2D eigenvalue weighted by atomic mass is 10.1. The molecule has 0 atom stereocenters. The quantitative estimate of drug-likeness (QED) is 0.839. The number of nitrogens with one attached hydrogen (secondary N) is 1. The van der Waals surface area contributed by atoms with E-state index in [9.17, 15) is 4.79 Å². The van der Waals surface area contributed by atoms with Gasteiger partial charge >= 0.3 is 5.97 Å². The average molecular weight is 237 g/mol. The molecule has 1 aliphatic rings. The molecule has 0 saturated heterocycles. The van der Waals surface area contributed by atoms with Crippen LogP contribution in [0, 0.1) is 0 Å². The Morgan fingerprint density at radius 3 is 3.19 bits per heavy atom. The maximum absolute atomic E-state index is 10.4. The summed E-state index contributed by atoms with van der Waals surface area (Å²) in [5, 5.41) is 11.4. The molecular weight excluding hydrogens is 222 g/mol. The Kier molecular flexibility index (Phi) is 3.85. The van der Waals surface area contributed by atoms with Crippen LogP contribution in [0.5, 0.6) is 0 Å². The number of hydrogen-bond acceptors (Lipinski definition) is 3. The summed E-state index contributed by atoms with van der Waals surface area (Å²) in [4.78, 5) is 11.7. The van der Waals surface area contributed by atoms with Crippen molar-refractivity contribution in [1.29, 1.82) is 0 Å². The van der Waals surface area contributed by atoms with Crippen LogP contribution < -0.4 is 5.32 Å². The SMILES string of the molecule is O=C(O)CNCc1ccc2c(c1)CCCS2. The van der Waals surface area contributed by atoms with E-state index in [4.69, 9.17) is 5.11 Å². The summed E-state index contributed by atoms with van der Waals surface area (Å²) in [5.41, 5.74) is 2.58. The molecule has 16 heavy (non-hydrogen) atoms. The molecule has 0 aliphatic carbocycles. The van der Waals surface area contributed by atoms with Gasteiger partial charge in [0.2, 0.25) is 0 Å². The molecule has 3 nitrogen and oxygen atoms in total. The summed E-state index contributed by atoms with van der Waals surface area (Å²) >= 11 is 1.91. The first-order valence-corrected chi connectivity index (χ1v) is 6.41. The zero-order chi connectivity index (χ0) is 11.4. The number of hydrogen-bond donors (Lipinski definition) is 2. The fourth-order valence-electron chi connectivity index (χ4n) is 1.84.